The van der Waals surface area contributed by atoms with Gasteiger partial charge < -0.3 is 4.74 Å². The summed E-state index contributed by atoms with van der Waals surface area (Å²) in [5.41, 5.74) is 1.44. The van der Waals surface area contributed by atoms with Crippen molar-refractivity contribution in [3.05, 3.63) is 71.3 Å². The van der Waals surface area contributed by atoms with Gasteiger partial charge in [0.25, 0.3) is 0 Å². The third kappa shape index (κ3) is 4.73. The van der Waals surface area contributed by atoms with Crippen LogP contribution in [0.4, 0.5) is 13.2 Å². The van der Waals surface area contributed by atoms with Crippen LogP contribution in [0.2, 0.25) is 0 Å². The fourth-order valence-corrected chi connectivity index (χ4v) is 2.85. The van der Waals surface area contributed by atoms with Crippen LogP contribution in [-0.4, -0.2) is 12.8 Å². The van der Waals surface area contributed by atoms with Gasteiger partial charge in [0, 0.05) is 11.1 Å². The van der Waals surface area contributed by atoms with E-state index < -0.39 is 12.8 Å². The Hall–Kier alpha value is -2.01. The predicted molar refractivity (Wildman–Crippen MR) is 90.4 cm³/mol. The molecule has 2 aromatic rings. The van der Waals surface area contributed by atoms with E-state index in [9.17, 15) is 18.4 Å². The van der Waals surface area contributed by atoms with Crippen LogP contribution in [0.3, 0.4) is 0 Å². The fraction of sp³-hybridized carbons (Fsp3) is 0.118. The molecule has 0 amide bonds. The van der Waals surface area contributed by atoms with Crippen LogP contribution in [-0.2, 0) is 4.74 Å². The zero-order chi connectivity index (χ0) is 16.9. The standard InChI is InChI=1S/C17H11F3INO/c18-17(19,20)11-23-16(12-6-2-1-3-7-12)15(21)14-9-5-4-8-13(14)10-22/h1-9H,11H2/b16-15+. The monoisotopic (exact) mass is 429 g/mol. The zero-order valence-corrected chi connectivity index (χ0v) is 13.9. The first-order valence-electron chi connectivity index (χ1n) is 6.56. The smallest absolute Gasteiger partial charge is 0.422 e. The van der Waals surface area contributed by atoms with Gasteiger partial charge in [-0.05, 0) is 28.7 Å². The van der Waals surface area contributed by atoms with E-state index in [1.54, 1.807) is 54.6 Å². The SMILES string of the molecule is N#Cc1ccccc1/C(I)=C(\OCC(F)(F)F)c1ccccc1. The van der Waals surface area contributed by atoms with Gasteiger partial charge in [-0.25, -0.2) is 0 Å². The van der Waals surface area contributed by atoms with Crippen molar-refractivity contribution in [3.8, 4) is 6.07 Å². The van der Waals surface area contributed by atoms with Crippen molar-refractivity contribution in [2.75, 3.05) is 6.61 Å². The molecule has 0 aliphatic heterocycles. The topological polar surface area (TPSA) is 33.0 Å². The first-order chi connectivity index (χ1) is 10.9. The van der Waals surface area contributed by atoms with Crippen molar-refractivity contribution in [2.45, 2.75) is 6.18 Å². The van der Waals surface area contributed by atoms with Crippen LogP contribution in [0.25, 0.3) is 9.34 Å². The van der Waals surface area contributed by atoms with Crippen molar-refractivity contribution in [2.24, 2.45) is 0 Å². The highest BCUT2D eigenvalue weighted by molar-refractivity contribution is 14.1. The van der Waals surface area contributed by atoms with E-state index in [1.165, 1.54) is 0 Å². The molecule has 6 heteroatoms. The van der Waals surface area contributed by atoms with E-state index in [-0.39, 0.29) is 5.76 Å². The second-order valence-electron chi connectivity index (χ2n) is 4.57. The minimum absolute atomic E-state index is 0.103. The van der Waals surface area contributed by atoms with Crippen LogP contribution in [0.5, 0.6) is 0 Å². The molecule has 0 bridgehead atoms. The van der Waals surface area contributed by atoms with Crippen LogP contribution in [0, 0.1) is 11.3 Å². The molecule has 0 aliphatic carbocycles. The Balaban J connectivity index is 2.53. The number of nitrogens with zero attached hydrogens (tertiary/aromatic N) is 1. The van der Waals surface area contributed by atoms with Gasteiger partial charge in [-0.3, -0.25) is 0 Å². The Bertz CT molecular complexity index is 748. The Morgan fingerprint density at radius 2 is 1.65 bits per heavy atom. The average Bonchev–Trinajstić information content (AvgIpc) is 2.54. The lowest BCUT2D eigenvalue weighted by atomic mass is 10.1. The lowest BCUT2D eigenvalue weighted by Gasteiger charge is -2.16. The molecule has 0 fully saturated rings. The fourth-order valence-electron chi connectivity index (χ4n) is 1.91. The normalized spacial score (nSPS) is 12.3. The second kappa shape index (κ2) is 7.51. The highest BCUT2D eigenvalue weighted by Gasteiger charge is 2.29. The van der Waals surface area contributed by atoms with Crippen LogP contribution in [0.15, 0.2) is 54.6 Å². The predicted octanol–water partition coefficient (Wildman–Crippen LogP) is 5.40. The molecule has 0 aliphatic rings. The summed E-state index contributed by atoms with van der Waals surface area (Å²) >= 11 is 1.91. The molecule has 2 nitrogen and oxygen atoms in total. The average molecular weight is 429 g/mol. The van der Waals surface area contributed by atoms with Gasteiger partial charge in [0.15, 0.2) is 6.61 Å². The molecule has 0 saturated carbocycles. The van der Waals surface area contributed by atoms with E-state index >= 15 is 0 Å². The Labute approximate surface area is 145 Å². The summed E-state index contributed by atoms with van der Waals surface area (Å²) in [6.45, 7) is -1.39. The van der Waals surface area contributed by atoms with E-state index in [2.05, 4.69) is 0 Å². The summed E-state index contributed by atoms with van der Waals surface area (Å²) in [5, 5.41) is 9.18. The molecule has 0 atom stereocenters. The van der Waals surface area contributed by atoms with Gasteiger partial charge in [0.2, 0.25) is 0 Å². The van der Waals surface area contributed by atoms with E-state index in [4.69, 9.17) is 4.74 Å². The van der Waals surface area contributed by atoms with E-state index in [0.29, 0.717) is 20.3 Å². The third-order valence-corrected chi connectivity index (χ3v) is 3.97. The van der Waals surface area contributed by atoms with Crippen molar-refractivity contribution in [1.29, 1.82) is 5.26 Å². The summed E-state index contributed by atoms with van der Waals surface area (Å²) in [6.07, 6.45) is -4.44. The lowest BCUT2D eigenvalue weighted by molar-refractivity contribution is -0.158. The van der Waals surface area contributed by atoms with Crippen molar-refractivity contribution >= 4 is 31.9 Å². The third-order valence-electron chi connectivity index (χ3n) is 2.90. The van der Waals surface area contributed by atoms with Crippen LogP contribution < -0.4 is 0 Å². The number of alkyl halides is 3. The van der Waals surface area contributed by atoms with E-state index in [1.807, 2.05) is 28.7 Å². The Morgan fingerprint density at radius 1 is 1.04 bits per heavy atom. The van der Waals surface area contributed by atoms with E-state index in [0.717, 1.165) is 0 Å². The maximum absolute atomic E-state index is 12.5. The minimum atomic E-state index is -4.44. The molecule has 0 N–H and O–H groups in total. The zero-order valence-electron chi connectivity index (χ0n) is 11.8. The molecule has 0 saturated heterocycles. The molecular weight excluding hydrogens is 418 g/mol. The first kappa shape index (κ1) is 17.3. The summed E-state index contributed by atoms with van der Waals surface area (Å²) in [5.74, 6) is 0.103. The molecule has 2 aromatic carbocycles. The molecule has 0 heterocycles. The Kier molecular flexibility index (Phi) is 5.66. The van der Waals surface area contributed by atoms with Gasteiger partial charge in [-0.15, -0.1) is 0 Å². The lowest BCUT2D eigenvalue weighted by Crippen LogP contribution is -2.16. The summed E-state index contributed by atoms with van der Waals surface area (Å²) in [4.78, 5) is 0. The number of rotatable bonds is 4. The number of ether oxygens (including phenoxy) is 1. The van der Waals surface area contributed by atoms with Crippen LogP contribution >= 0.6 is 22.6 Å². The summed E-state index contributed by atoms with van der Waals surface area (Å²) in [7, 11) is 0. The number of hydrogen-bond donors (Lipinski definition) is 0. The van der Waals surface area contributed by atoms with Gasteiger partial charge >= 0.3 is 6.18 Å². The van der Waals surface area contributed by atoms with Crippen molar-refractivity contribution in [1.82, 2.24) is 0 Å². The quantitative estimate of drug-likeness (QED) is 0.371. The van der Waals surface area contributed by atoms with Gasteiger partial charge in [0.05, 0.1) is 15.2 Å². The van der Waals surface area contributed by atoms with Crippen LogP contribution in [0.1, 0.15) is 16.7 Å². The number of halogens is 4. The number of benzene rings is 2. The van der Waals surface area contributed by atoms with Crippen molar-refractivity contribution < 1.29 is 17.9 Å². The molecule has 0 spiro atoms. The first-order valence-corrected chi connectivity index (χ1v) is 7.64. The molecular formula is C17H11F3INO. The highest BCUT2D eigenvalue weighted by Crippen LogP contribution is 2.35. The molecule has 0 aromatic heterocycles. The number of nitriles is 1. The van der Waals surface area contributed by atoms with Gasteiger partial charge in [-0.2, -0.15) is 18.4 Å². The largest absolute Gasteiger partial charge is 0.482 e. The maximum atomic E-state index is 12.5. The van der Waals surface area contributed by atoms with Crippen molar-refractivity contribution in [3.63, 3.8) is 0 Å². The second-order valence-corrected chi connectivity index (χ2v) is 5.65. The minimum Gasteiger partial charge on any atom is -0.482 e. The van der Waals surface area contributed by atoms with Gasteiger partial charge in [0.1, 0.15) is 5.76 Å². The molecule has 23 heavy (non-hydrogen) atoms. The molecule has 0 unspecified atom stereocenters. The number of hydrogen-bond acceptors (Lipinski definition) is 2. The maximum Gasteiger partial charge on any atom is 0.422 e. The molecule has 118 valence electrons. The Morgan fingerprint density at radius 3 is 2.26 bits per heavy atom. The molecule has 2 rings (SSSR count). The molecule has 0 radical (unpaired) electrons. The van der Waals surface area contributed by atoms with Gasteiger partial charge in [-0.1, -0.05) is 48.5 Å². The summed E-state index contributed by atoms with van der Waals surface area (Å²) in [6, 6.07) is 17.3. The highest BCUT2D eigenvalue weighted by atomic mass is 127. The summed E-state index contributed by atoms with van der Waals surface area (Å²) < 4.78 is 43.1.